The number of amides is 1. The van der Waals surface area contributed by atoms with Crippen molar-refractivity contribution < 1.29 is 14.3 Å². The van der Waals surface area contributed by atoms with E-state index in [9.17, 15) is 4.79 Å². The highest BCUT2D eigenvalue weighted by Gasteiger charge is 2.24. The van der Waals surface area contributed by atoms with Crippen LogP contribution in [-0.4, -0.2) is 43.7 Å². The smallest absolute Gasteiger partial charge is 0.257 e. The summed E-state index contributed by atoms with van der Waals surface area (Å²) in [5.74, 6) is 1.26. The van der Waals surface area contributed by atoms with Gasteiger partial charge in [0, 0.05) is 25.2 Å². The predicted molar refractivity (Wildman–Crippen MR) is 77.3 cm³/mol. The quantitative estimate of drug-likeness (QED) is 0.909. The zero-order valence-electron chi connectivity index (χ0n) is 12.1. The van der Waals surface area contributed by atoms with Crippen LogP contribution in [-0.2, 0) is 0 Å². The Bertz CT molecular complexity index is 468. The van der Waals surface area contributed by atoms with Gasteiger partial charge in [-0.25, -0.2) is 0 Å². The third-order valence-electron chi connectivity index (χ3n) is 3.55. The highest BCUT2D eigenvalue weighted by molar-refractivity contribution is 5.97. The van der Waals surface area contributed by atoms with Gasteiger partial charge in [-0.3, -0.25) is 4.79 Å². The van der Waals surface area contributed by atoms with Crippen LogP contribution < -0.4 is 15.2 Å². The zero-order valence-corrected chi connectivity index (χ0v) is 12.1. The summed E-state index contributed by atoms with van der Waals surface area (Å²) >= 11 is 0. The molecular weight excluding hydrogens is 256 g/mol. The second-order valence-corrected chi connectivity index (χ2v) is 4.92. The number of benzene rings is 1. The van der Waals surface area contributed by atoms with Crippen LogP contribution in [0.25, 0.3) is 0 Å². The Hall–Kier alpha value is -1.75. The lowest BCUT2D eigenvalue weighted by Gasteiger charge is -2.30. The zero-order chi connectivity index (χ0) is 14.5. The number of nitrogens with two attached hydrogens (primary N) is 1. The molecule has 1 aromatic carbocycles. The van der Waals surface area contributed by atoms with E-state index in [1.165, 1.54) is 0 Å². The van der Waals surface area contributed by atoms with Gasteiger partial charge in [-0.1, -0.05) is 0 Å². The van der Waals surface area contributed by atoms with Crippen LogP contribution in [0.15, 0.2) is 18.2 Å². The van der Waals surface area contributed by atoms with E-state index in [4.69, 9.17) is 15.2 Å². The molecule has 0 aromatic heterocycles. The maximum atomic E-state index is 12.6. The molecule has 1 aromatic rings. The van der Waals surface area contributed by atoms with Crippen LogP contribution in [0.2, 0.25) is 0 Å². The molecule has 0 atom stereocenters. The third-order valence-corrected chi connectivity index (χ3v) is 3.55. The fourth-order valence-electron chi connectivity index (χ4n) is 2.35. The molecule has 2 rings (SSSR count). The van der Waals surface area contributed by atoms with Crippen molar-refractivity contribution in [2.24, 2.45) is 5.73 Å². The second kappa shape index (κ2) is 6.61. The van der Waals surface area contributed by atoms with Crippen molar-refractivity contribution in [3.63, 3.8) is 0 Å². The minimum atomic E-state index is 0.00278. The van der Waals surface area contributed by atoms with Gasteiger partial charge >= 0.3 is 0 Å². The number of hydrogen-bond donors (Lipinski definition) is 1. The number of ether oxygens (including phenoxy) is 2. The summed E-state index contributed by atoms with van der Waals surface area (Å²) in [6, 6.07) is 5.51. The summed E-state index contributed by atoms with van der Waals surface area (Å²) < 4.78 is 10.7. The molecule has 20 heavy (non-hydrogen) atoms. The van der Waals surface area contributed by atoms with Crippen LogP contribution in [0.5, 0.6) is 11.5 Å². The lowest BCUT2D eigenvalue weighted by Crippen LogP contribution is -2.42. The maximum absolute atomic E-state index is 12.6. The lowest BCUT2D eigenvalue weighted by atomic mass is 10.0. The molecule has 1 amide bonds. The van der Waals surface area contributed by atoms with Gasteiger partial charge in [0.25, 0.3) is 5.91 Å². The van der Waals surface area contributed by atoms with Crippen molar-refractivity contribution in [2.75, 3.05) is 26.8 Å². The van der Waals surface area contributed by atoms with Crippen molar-refractivity contribution in [3.05, 3.63) is 23.8 Å². The Morgan fingerprint density at radius 3 is 2.70 bits per heavy atom. The van der Waals surface area contributed by atoms with E-state index in [1.807, 2.05) is 11.8 Å². The largest absolute Gasteiger partial charge is 0.497 e. The van der Waals surface area contributed by atoms with E-state index < -0.39 is 0 Å². The summed E-state index contributed by atoms with van der Waals surface area (Å²) in [5.41, 5.74) is 6.46. The van der Waals surface area contributed by atoms with Gasteiger partial charge in [0.05, 0.1) is 19.3 Å². The SMILES string of the molecule is CCOc1cc(OC)ccc1C(=O)N1CCC(N)CC1. The molecular formula is C15H22N2O3. The molecule has 1 aliphatic heterocycles. The van der Waals surface area contributed by atoms with E-state index in [2.05, 4.69) is 0 Å². The average Bonchev–Trinajstić information content (AvgIpc) is 2.47. The molecule has 1 fully saturated rings. The fourth-order valence-corrected chi connectivity index (χ4v) is 2.35. The first kappa shape index (κ1) is 14.7. The van der Waals surface area contributed by atoms with Crippen molar-refractivity contribution in [3.8, 4) is 11.5 Å². The van der Waals surface area contributed by atoms with Gasteiger partial charge in [0.2, 0.25) is 0 Å². The Morgan fingerprint density at radius 2 is 2.10 bits per heavy atom. The van der Waals surface area contributed by atoms with E-state index >= 15 is 0 Å². The number of hydrogen-bond acceptors (Lipinski definition) is 4. The minimum Gasteiger partial charge on any atom is -0.497 e. The molecule has 1 saturated heterocycles. The number of rotatable bonds is 4. The molecule has 0 radical (unpaired) electrons. The predicted octanol–water partition coefficient (Wildman–Crippen LogP) is 1.66. The van der Waals surface area contributed by atoms with Gasteiger partial charge < -0.3 is 20.1 Å². The van der Waals surface area contributed by atoms with E-state index in [0.717, 1.165) is 12.8 Å². The molecule has 0 spiro atoms. The van der Waals surface area contributed by atoms with Crippen molar-refractivity contribution >= 4 is 5.91 Å². The second-order valence-electron chi connectivity index (χ2n) is 4.92. The highest BCUT2D eigenvalue weighted by atomic mass is 16.5. The first-order valence-electron chi connectivity index (χ1n) is 7.01. The highest BCUT2D eigenvalue weighted by Crippen LogP contribution is 2.27. The Kier molecular flexibility index (Phi) is 4.84. The fraction of sp³-hybridized carbons (Fsp3) is 0.533. The van der Waals surface area contributed by atoms with Gasteiger partial charge in [0.1, 0.15) is 11.5 Å². The standard InChI is InChI=1S/C15H22N2O3/c1-3-20-14-10-12(19-2)4-5-13(14)15(18)17-8-6-11(16)7-9-17/h4-5,10-11H,3,6-9,16H2,1-2H3. The van der Waals surface area contributed by atoms with Crippen molar-refractivity contribution in [2.45, 2.75) is 25.8 Å². The third kappa shape index (κ3) is 3.22. The van der Waals surface area contributed by atoms with Crippen LogP contribution in [0, 0.1) is 0 Å². The number of nitrogens with zero attached hydrogens (tertiary/aromatic N) is 1. The summed E-state index contributed by atoms with van der Waals surface area (Å²) in [5, 5.41) is 0. The number of carbonyl (C=O) groups excluding carboxylic acids is 1. The van der Waals surface area contributed by atoms with Gasteiger partial charge in [-0.15, -0.1) is 0 Å². The first-order valence-corrected chi connectivity index (χ1v) is 7.01. The van der Waals surface area contributed by atoms with E-state index in [-0.39, 0.29) is 11.9 Å². The number of likely N-dealkylation sites (tertiary alicyclic amines) is 1. The molecule has 2 N–H and O–H groups in total. The van der Waals surface area contributed by atoms with Gasteiger partial charge in [-0.05, 0) is 31.9 Å². The molecule has 0 aliphatic carbocycles. The number of piperidine rings is 1. The average molecular weight is 278 g/mol. The Labute approximate surface area is 119 Å². The normalized spacial score (nSPS) is 16.1. The van der Waals surface area contributed by atoms with Crippen molar-refractivity contribution in [1.29, 1.82) is 0 Å². The summed E-state index contributed by atoms with van der Waals surface area (Å²) in [4.78, 5) is 14.4. The first-order chi connectivity index (χ1) is 9.65. The van der Waals surface area contributed by atoms with Crippen LogP contribution in [0.4, 0.5) is 0 Å². The maximum Gasteiger partial charge on any atom is 0.257 e. The van der Waals surface area contributed by atoms with Crippen molar-refractivity contribution in [1.82, 2.24) is 4.90 Å². The van der Waals surface area contributed by atoms with Crippen LogP contribution >= 0.6 is 0 Å². The van der Waals surface area contributed by atoms with Crippen LogP contribution in [0.1, 0.15) is 30.1 Å². The molecule has 0 bridgehead atoms. The summed E-state index contributed by atoms with van der Waals surface area (Å²) in [6.45, 7) is 3.82. The number of methoxy groups -OCH3 is 1. The minimum absolute atomic E-state index is 0.00278. The van der Waals surface area contributed by atoms with Gasteiger partial charge in [-0.2, -0.15) is 0 Å². The Balaban J connectivity index is 2.20. The lowest BCUT2D eigenvalue weighted by molar-refractivity contribution is 0.0710. The Morgan fingerprint density at radius 1 is 1.40 bits per heavy atom. The topological polar surface area (TPSA) is 64.8 Å². The van der Waals surface area contributed by atoms with Gasteiger partial charge in [0.15, 0.2) is 0 Å². The molecule has 1 aliphatic rings. The van der Waals surface area contributed by atoms with E-state index in [0.29, 0.717) is 36.8 Å². The van der Waals surface area contributed by atoms with E-state index in [1.54, 1.807) is 25.3 Å². The summed E-state index contributed by atoms with van der Waals surface area (Å²) in [7, 11) is 1.60. The monoisotopic (exact) mass is 278 g/mol. The molecule has 5 nitrogen and oxygen atoms in total. The molecule has 0 unspecified atom stereocenters. The van der Waals surface area contributed by atoms with Crippen LogP contribution in [0.3, 0.4) is 0 Å². The molecule has 110 valence electrons. The number of carbonyl (C=O) groups is 1. The molecule has 0 saturated carbocycles. The molecule has 1 heterocycles. The summed E-state index contributed by atoms with van der Waals surface area (Å²) in [6.07, 6.45) is 1.71. The molecule has 5 heteroatoms.